The van der Waals surface area contributed by atoms with Crippen molar-refractivity contribution >= 4 is 32.8 Å². The lowest BCUT2D eigenvalue weighted by atomic mass is 9.69. The summed E-state index contributed by atoms with van der Waals surface area (Å²) >= 11 is 3.59. The topological polar surface area (TPSA) is 40.5 Å². The average molecular weight is 464 g/mol. The van der Waals surface area contributed by atoms with Crippen molar-refractivity contribution < 1.29 is 14.3 Å². The maximum Gasteiger partial charge on any atom is 0.325 e. The van der Waals surface area contributed by atoms with E-state index in [1.54, 1.807) is 7.11 Å². The van der Waals surface area contributed by atoms with Crippen molar-refractivity contribution in [3.63, 3.8) is 0 Å². The minimum Gasteiger partial charge on any atom is -0.497 e. The third kappa shape index (κ3) is 3.10. The van der Waals surface area contributed by atoms with Gasteiger partial charge in [0, 0.05) is 34.2 Å². The maximum absolute atomic E-state index is 13.7. The van der Waals surface area contributed by atoms with Crippen LogP contribution in [-0.4, -0.2) is 24.8 Å². The molecule has 0 saturated carbocycles. The maximum atomic E-state index is 13.7. The number of methoxy groups -OCH3 is 2. The average Bonchev–Trinajstić information content (AvgIpc) is 3.11. The fraction of sp³-hybridized carbons (Fsp3) is 0.160. The second-order valence-electron chi connectivity index (χ2n) is 7.15. The van der Waals surface area contributed by atoms with Crippen molar-refractivity contribution in [1.29, 1.82) is 0 Å². The Hall–Kier alpha value is -3.05. The van der Waals surface area contributed by atoms with Crippen LogP contribution in [0.5, 0.6) is 5.75 Å². The van der Waals surface area contributed by atoms with Crippen molar-refractivity contribution in [3.05, 3.63) is 100 Å². The van der Waals surface area contributed by atoms with Crippen LogP contribution in [0.15, 0.2) is 83.5 Å². The second kappa shape index (κ2) is 8.00. The smallest absolute Gasteiger partial charge is 0.325 e. The van der Waals surface area contributed by atoms with E-state index in [-0.39, 0.29) is 5.97 Å². The van der Waals surface area contributed by atoms with E-state index in [1.807, 2.05) is 84.5 Å². The summed E-state index contributed by atoms with van der Waals surface area (Å²) in [7, 11) is 5.05. The van der Waals surface area contributed by atoms with Gasteiger partial charge in [0.15, 0.2) is 0 Å². The van der Waals surface area contributed by atoms with E-state index in [0.717, 1.165) is 37.8 Å². The molecule has 0 spiro atoms. The molecule has 4 rings (SSSR count). The van der Waals surface area contributed by atoms with E-state index in [9.17, 15) is 4.79 Å². The number of ether oxygens (including phenoxy) is 2. The van der Waals surface area contributed by atoms with Gasteiger partial charge in [-0.15, -0.1) is 0 Å². The highest BCUT2D eigenvalue weighted by molar-refractivity contribution is 9.10. The summed E-state index contributed by atoms with van der Waals surface area (Å²) in [6, 6.07) is 23.5. The summed E-state index contributed by atoms with van der Waals surface area (Å²) in [6.07, 6.45) is 2.02. The van der Waals surface area contributed by atoms with Gasteiger partial charge in [0.25, 0.3) is 0 Å². The Morgan fingerprint density at radius 1 is 0.933 bits per heavy atom. The molecule has 5 heteroatoms. The monoisotopic (exact) mass is 463 g/mol. The van der Waals surface area contributed by atoms with E-state index in [2.05, 4.69) is 22.0 Å². The first kappa shape index (κ1) is 20.2. The van der Waals surface area contributed by atoms with Crippen molar-refractivity contribution in [3.8, 4) is 5.75 Å². The normalized spacial score (nSPS) is 13.1. The summed E-state index contributed by atoms with van der Waals surface area (Å²) in [5.74, 6) is 0.387. The molecule has 152 valence electrons. The molecule has 4 nitrogen and oxygen atoms in total. The summed E-state index contributed by atoms with van der Waals surface area (Å²) in [6.45, 7) is 0. The molecular weight excluding hydrogens is 442 g/mol. The third-order valence-corrected chi connectivity index (χ3v) is 6.07. The molecule has 0 N–H and O–H groups in total. The number of benzene rings is 3. The summed E-state index contributed by atoms with van der Waals surface area (Å²) < 4.78 is 13.8. The van der Waals surface area contributed by atoms with Crippen LogP contribution in [0.2, 0.25) is 0 Å². The van der Waals surface area contributed by atoms with Crippen LogP contribution >= 0.6 is 15.9 Å². The van der Waals surface area contributed by atoms with Gasteiger partial charge in [0.1, 0.15) is 11.2 Å². The molecule has 0 fully saturated rings. The Labute approximate surface area is 184 Å². The third-order valence-electron chi connectivity index (χ3n) is 5.58. The summed E-state index contributed by atoms with van der Waals surface area (Å²) in [5.41, 5.74) is 2.42. The van der Waals surface area contributed by atoms with Crippen LogP contribution in [0.25, 0.3) is 10.9 Å². The number of aryl methyl sites for hydroxylation is 1. The fourth-order valence-electron chi connectivity index (χ4n) is 4.17. The second-order valence-corrected chi connectivity index (χ2v) is 8.07. The molecule has 0 aliphatic heterocycles. The number of aromatic nitrogens is 1. The Kier molecular flexibility index (Phi) is 5.39. The predicted octanol–water partition coefficient (Wildman–Crippen LogP) is 5.46. The van der Waals surface area contributed by atoms with Gasteiger partial charge in [-0.2, -0.15) is 0 Å². The van der Waals surface area contributed by atoms with Crippen LogP contribution in [0.4, 0.5) is 0 Å². The van der Waals surface area contributed by atoms with Crippen LogP contribution in [-0.2, 0) is 22.0 Å². The van der Waals surface area contributed by atoms with Crippen molar-refractivity contribution in [2.45, 2.75) is 5.41 Å². The molecule has 0 radical (unpaired) electrons. The van der Waals surface area contributed by atoms with E-state index < -0.39 is 5.41 Å². The van der Waals surface area contributed by atoms with Gasteiger partial charge in [-0.05, 0) is 41.5 Å². The number of carbonyl (C=O) groups excluding carboxylic acids is 1. The molecule has 0 aliphatic carbocycles. The van der Waals surface area contributed by atoms with Crippen LogP contribution in [0.1, 0.15) is 16.7 Å². The molecule has 0 amide bonds. The Balaban J connectivity index is 2.15. The number of hydrogen-bond acceptors (Lipinski definition) is 3. The zero-order valence-electron chi connectivity index (χ0n) is 17.1. The number of carbonyl (C=O) groups is 1. The van der Waals surface area contributed by atoms with Gasteiger partial charge in [0.2, 0.25) is 0 Å². The first-order chi connectivity index (χ1) is 14.5. The molecule has 1 unspecified atom stereocenters. The van der Waals surface area contributed by atoms with Gasteiger partial charge >= 0.3 is 5.97 Å². The molecule has 1 atom stereocenters. The molecule has 0 saturated heterocycles. The van der Waals surface area contributed by atoms with Crippen LogP contribution < -0.4 is 4.74 Å². The van der Waals surface area contributed by atoms with Gasteiger partial charge in [0.05, 0.1) is 14.2 Å². The van der Waals surface area contributed by atoms with Crippen molar-refractivity contribution in [2.75, 3.05) is 14.2 Å². The molecule has 4 aromatic rings. The number of esters is 1. The molecule has 3 aromatic carbocycles. The lowest BCUT2D eigenvalue weighted by Gasteiger charge is -2.32. The zero-order valence-corrected chi connectivity index (χ0v) is 18.6. The van der Waals surface area contributed by atoms with Crippen molar-refractivity contribution in [2.24, 2.45) is 7.05 Å². The number of halogens is 1. The highest BCUT2D eigenvalue weighted by Crippen LogP contribution is 2.44. The minimum atomic E-state index is -1.14. The number of nitrogens with zero attached hydrogens (tertiary/aromatic N) is 1. The van der Waals surface area contributed by atoms with E-state index in [4.69, 9.17) is 9.47 Å². The Bertz CT molecular complexity index is 1200. The fourth-order valence-corrected chi connectivity index (χ4v) is 4.53. The van der Waals surface area contributed by atoms with E-state index >= 15 is 0 Å². The molecule has 1 heterocycles. The lowest BCUT2D eigenvalue weighted by Crippen LogP contribution is -2.39. The highest BCUT2D eigenvalue weighted by Gasteiger charge is 2.47. The first-order valence-corrected chi connectivity index (χ1v) is 10.3. The van der Waals surface area contributed by atoms with Gasteiger partial charge < -0.3 is 14.0 Å². The summed E-state index contributed by atoms with van der Waals surface area (Å²) in [5, 5.41) is 0.983. The van der Waals surface area contributed by atoms with E-state index in [0.29, 0.717) is 0 Å². The van der Waals surface area contributed by atoms with E-state index in [1.165, 1.54) is 7.11 Å². The van der Waals surface area contributed by atoms with Gasteiger partial charge in [-0.3, -0.25) is 4.79 Å². The van der Waals surface area contributed by atoms with Crippen molar-refractivity contribution in [1.82, 2.24) is 4.57 Å². The number of hydrogen-bond donors (Lipinski definition) is 0. The van der Waals surface area contributed by atoms with Crippen LogP contribution in [0, 0.1) is 0 Å². The van der Waals surface area contributed by atoms with Gasteiger partial charge in [-0.1, -0.05) is 58.4 Å². The molecule has 1 aromatic heterocycles. The standard InChI is InChI=1S/C25H22BrNO3/c1-27-16-22(21-15-19(26)11-14-23(21)27)25(24(28)30-3,17-7-5-4-6-8-17)18-9-12-20(29-2)13-10-18/h4-16H,1-3H3. The summed E-state index contributed by atoms with van der Waals surface area (Å²) in [4.78, 5) is 13.7. The number of fused-ring (bicyclic) bond motifs is 1. The SMILES string of the molecule is COC(=O)C(c1ccccc1)(c1ccc(OC)cc1)c1cn(C)c2ccc(Br)cc12. The Morgan fingerprint density at radius 3 is 2.23 bits per heavy atom. The molecular formula is C25H22BrNO3. The van der Waals surface area contributed by atoms with Crippen LogP contribution in [0.3, 0.4) is 0 Å². The Morgan fingerprint density at radius 2 is 1.60 bits per heavy atom. The number of rotatable bonds is 5. The molecule has 0 aliphatic rings. The largest absolute Gasteiger partial charge is 0.497 e. The highest BCUT2D eigenvalue weighted by atomic mass is 79.9. The molecule has 0 bridgehead atoms. The zero-order chi connectivity index (χ0) is 21.3. The first-order valence-electron chi connectivity index (χ1n) is 9.56. The van der Waals surface area contributed by atoms with Gasteiger partial charge in [-0.25, -0.2) is 0 Å². The molecule has 30 heavy (non-hydrogen) atoms. The lowest BCUT2D eigenvalue weighted by molar-refractivity contribution is -0.144. The minimum absolute atomic E-state index is 0.341. The quantitative estimate of drug-likeness (QED) is 0.369. The predicted molar refractivity (Wildman–Crippen MR) is 122 cm³/mol.